The molecule has 1 atom stereocenters. The molecule has 1 aromatic carbocycles. The van der Waals surface area contributed by atoms with Crippen LogP contribution in [0.5, 0.6) is 5.75 Å². The minimum Gasteiger partial charge on any atom is -0.494 e. The Morgan fingerprint density at radius 1 is 1.41 bits per heavy atom. The molecular weight excluding hydrogens is 280 g/mol. The third kappa shape index (κ3) is 3.20. The highest BCUT2D eigenvalue weighted by Gasteiger charge is 2.27. The minimum atomic E-state index is -0.697. The number of carboxylic acids is 1. The lowest BCUT2D eigenvalue weighted by Crippen LogP contribution is -2.23. The van der Waals surface area contributed by atoms with Gasteiger partial charge in [0.15, 0.2) is 0 Å². The van der Waals surface area contributed by atoms with Crippen LogP contribution >= 0.6 is 0 Å². The molecule has 1 N–H and O–H groups in total. The number of aliphatic carboxylic acids is 1. The van der Waals surface area contributed by atoms with Gasteiger partial charge in [-0.2, -0.15) is 0 Å². The Morgan fingerprint density at radius 2 is 2.27 bits per heavy atom. The second-order valence-electron chi connectivity index (χ2n) is 5.65. The summed E-state index contributed by atoms with van der Waals surface area (Å²) in [5, 5.41) is 10.1. The van der Waals surface area contributed by atoms with Crippen LogP contribution in [0.1, 0.15) is 19.0 Å². The van der Waals surface area contributed by atoms with Crippen molar-refractivity contribution in [3.63, 3.8) is 0 Å². The van der Waals surface area contributed by atoms with Crippen molar-refractivity contribution in [3.8, 4) is 5.75 Å². The van der Waals surface area contributed by atoms with Gasteiger partial charge < -0.3 is 9.84 Å². The van der Waals surface area contributed by atoms with Gasteiger partial charge in [-0.15, -0.1) is 0 Å². The van der Waals surface area contributed by atoms with Crippen molar-refractivity contribution >= 4 is 16.9 Å². The largest absolute Gasteiger partial charge is 0.494 e. The molecular formula is C17H20N2O3. The normalized spacial score (nSPS) is 18.7. The summed E-state index contributed by atoms with van der Waals surface area (Å²) in [5.41, 5.74) is 1.91. The fraction of sp³-hybridized carbons (Fsp3) is 0.412. The zero-order valence-electron chi connectivity index (χ0n) is 12.7. The molecule has 0 saturated carbocycles. The van der Waals surface area contributed by atoms with Gasteiger partial charge in [0, 0.05) is 18.5 Å². The van der Waals surface area contributed by atoms with Crippen LogP contribution < -0.4 is 4.74 Å². The number of fused-ring (bicyclic) bond motifs is 1. The van der Waals surface area contributed by atoms with E-state index in [-0.39, 0.29) is 5.92 Å². The number of hydrogen-bond donors (Lipinski definition) is 1. The van der Waals surface area contributed by atoms with E-state index in [1.54, 1.807) is 0 Å². The Labute approximate surface area is 129 Å². The zero-order valence-corrected chi connectivity index (χ0v) is 12.7. The Bertz CT molecular complexity index is 687. The van der Waals surface area contributed by atoms with Gasteiger partial charge in [-0.05, 0) is 44.2 Å². The molecule has 1 saturated heterocycles. The first-order chi connectivity index (χ1) is 10.7. The average molecular weight is 300 g/mol. The first kappa shape index (κ1) is 14.8. The molecule has 1 unspecified atom stereocenters. The minimum absolute atomic E-state index is 0.241. The molecule has 1 aliphatic rings. The molecule has 0 amide bonds. The van der Waals surface area contributed by atoms with Gasteiger partial charge in [0.2, 0.25) is 0 Å². The molecule has 3 rings (SSSR count). The van der Waals surface area contributed by atoms with E-state index >= 15 is 0 Å². The lowest BCUT2D eigenvalue weighted by Gasteiger charge is -2.15. The molecule has 0 bridgehead atoms. The fourth-order valence-corrected chi connectivity index (χ4v) is 2.90. The molecule has 116 valence electrons. The summed E-state index contributed by atoms with van der Waals surface area (Å²) >= 11 is 0. The Balaban J connectivity index is 1.72. The summed E-state index contributed by atoms with van der Waals surface area (Å²) in [6, 6.07) is 9.94. The monoisotopic (exact) mass is 300 g/mol. The number of nitrogens with zero attached hydrogens (tertiary/aromatic N) is 2. The standard InChI is InChI=1S/C17H20N2O3/c1-2-22-15-5-6-16-12(9-15)3-4-14(18-16)11-19-8-7-13(10-19)17(20)21/h3-6,9,13H,2,7-8,10-11H2,1H3,(H,20,21). The molecule has 5 heteroatoms. The molecule has 5 nitrogen and oxygen atoms in total. The Kier molecular flexibility index (Phi) is 4.24. The summed E-state index contributed by atoms with van der Waals surface area (Å²) in [7, 11) is 0. The predicted octanol–water partition coefficient (Wildman–Crippen LogP) is 2.54. The number of rotatable bonds is 5. The van der Waals surface area contributed by atoms with Gasteiger partial charge in [0.25, 0.3) is 0 Å². The lowest BCUT2D eigenvalue weighted by molar-refractivity contribution is -0.141. The third-order valence-electron chi connectivity index (χ3n) is 4.04. The molecule has 0 aliphatic carbocycles. The van der Waals surface area contributed by atoms with Crippen molar-refractivity contribution in [2.75, 3.05) is 19.7 Å². The van der Waals surface area contributed by atoms with E-state index in [0.717, 1.165) is 35.3 Å². The van der Waals surface area contributed by atoms with Crippen LogP contribution in [-0.4, -0.2) is 40.7 Å². The molecule has 1 aliphatic heterocycles. The number of ether oxygens (including phenoxy) is 1. The second-order valence-corrected chi connectivity index (χ2v) is 5.65. The van der Waals surface area contributed by atoms with Crippen LogP contribution in [0, 0.1) is 5.92 Å². The van der Waals surface area contributed by atoms with E-state index in [0.29, 0.717) is 19.7 Å². The van der Waals surface area contributed by atoms with Crippen LogP contribution in [0.4, 0.5) is 0 Å². The SMILES string of the molecule is CCOc1ccc2nc(CN3CCC(C(=O)O)C3)ccc2c1. The molecule has 2 aromatic rings. The summed E-state index contributed by atoms with van der Waals surface area (Å²) < 4.78 is 5.49. The van der Waals surface area contributed by atoms with Crippen molar-refractivity contribution in [2.24, 2.45) is 5.92 Å². The Morgan fingerprint density at radius 3 is 3.00 bits per heavy atom. The van der Waals surface area contributed by atoms with Gasteiger partial charge in [0.05, 0.1) is 23.7 Å². The van der Waals surface area contributed by atoms with E-state index in [1.807, 2.05) is 37.3 Å². The summed E-state index contributed by atoms with van der Waals surface area (Å²) in [4.78, 5) is 17.8. The number of likely N-dealkylation sites (tertiary alicyclic amines) is 1. The highest BCUT2D eigenvalue weighted by atomic mass is 16.5. The summed E-state index contributed by atoms with van der Waals surface area (Å²) in [6.45, 7) is 4.74. The van der Waals surface area contributed by atoms with E-state index < -0.39 is 5.97 Å². The second kappa shape index (κ2) is 6.32. The molecule has 1 aromatic heterocycles. The molecule has 0 spiro atoms. The quantitative estimate of drug-likeness (QED) is 0.919. The van der Waals surface area contributed by atoms with Gasteiger partial charge in [-0.3, -0.25) is 14.7 Å². The molecule has 22 heavy (non-hydrogen) atoms. The Hall–Kier alpha value is -2.14. The number of carbonyl (C=O) groups is 1. The van der Waals surface area contributed by atoms with Crippen LogP contribution in [-0.2, 0) is 11.3 Å². The topological polar surface area (TPSA) is 62.7 Å². The maximum absolute atomic E-state index is 11.0. The van der Waals surface area contributed by atoms with Crippen molar-refractivity contribution in [1.29, 1.82) is 0 Å². The van der Waals surface area contributed by atoms with Gasteiger partial charge in [-0.1, -0.05) is 6.07 Å². The molecule has 1 fully saturated rings. The number of benzene rings is 1. The van der Waals surface area contributed by atoms with E-state index in [9.17, 15) is 4.79 Å². The van der Waals surface area contributed by atoms with Crippen molar-refractivity contribution in [3.05, 3.63) is 36.0 Å². The first-order valence-corrected chi connectivity index (χ1v) is 7.63. The first-order valence-electron chi connectivity index (χ1n) is 7.63. The van der Waals surface area contributed by atoms with Crippen LogP contribution in [0.3, 0.4) is 0 Å². The fourth-order valence-electron chi connectivity index (χ4n) is 2.90. The summed E-state index contributed by atoms with van der Waals surface area (Å²) in [6.07, 6.45) is 0.723. The molecule has 0 radical (unpaired) electrons. The zero-order chi connectivity index (χ0) is 15.5. The van der Waals surface area contributed by atoms with Crippen LogP contribution in [0.2, 0.25) is 0 Å². The number of carboxylic acid groups (broad SMARTS) is 1. The van der Waals surface area contributed by atoms with Crippen LogP contribution in [0.25, 0.3) is 10.9 Å². The maximum atomic E-state index is 11.0. The number of hydrogen-bond acceptors (Lipinski definition) is 4. The third-order valence-corrected chi connectivity index (χ3v) is 4.04. The average Bonchev–Trinajstić information content (AvgIpc) is 2.96. The summed E-state index contributed by atoms with van der Waals surface area (Å²) in [5.74, 6) is -0.0833. The number of pyridine rings is 1. The van der Waals surface area contributed by atoms with Gasteiger partial charge >= 0.3 is 5.97 Å². The van der Waals surface area contributed by atoms with Crippen molar-refractivity contribution in [1.82, 2.24) is 9.88 Å². The number of aromatic nitrogens is 1. The van der Waals surface area contributed by atoms with E-state index in [4.69, 9.17) is 9.84 Å². The van der Waals surface area contributed by atoms with Crippen molar-refractivity contribution < 1.29 is 14.6 Å². The predicted molar refractivity (Wildman–Crippen MR) is 83.9 cm³/mol. The molecule has 2 heterocycles. The highest BCUT2D eigenvalue weighted by Crippen LogP contribution is 2.22. The van der Waals surface area contributed by atoms with Crippen LogP contribution in [0.15, 0.2) is 30.3 Å². The van der Waals surface area contributed by atoms with E-state index in [2.05, 4.69) is 9.88 Å². The highest BCUT2D eigenvalue weighted by molar-refractivity contribution is 5.80. The van der Waals surface area contributed by atoms with E-state index in [1.165, 1.54) is 0 Å². The smallest absolute Gasteiger partial charge is 0.307 e. The maximum Gasteiger partial charge on any atom is 0.307 e. The lowest BCUT2D eigenvalue weighted by atomic mass is 10.1. The van der Waals surface area contributed by atoms with Gasteiger partial charge in [-0.25, -0.2) is 0 Å². The van der Waals surface area contributed by atoms with Gasteiger partial charge in [0.1, 0.15) is 5.75 Å². The van der Waals surface area contributed by atoms with Crippen molar-refractivity contribution in [2.45, 2.75) is 19.9 Å².